The van der Waals surface area contributed by atoms with Crippen molar-refractivity contribution in [2.24, 2.45) is 0 Å². The quantitative estimate of drug-likeness (QED) is 0.565. The van der Waals surface area contributed by atoms with Crippen LogP contribution in [0.1, 0.15) is 11.1 Å². The predicted molar refractivity (Wildman–Crippen MR) is 95.9 cm³/mol. The summed E-state index contributed by atoms with van der Waals surface area (Å²) in [6.07, 6.45) is 2.58. The highest BCUT2D eigenvalue weighted by molar-refractivity contribution is 5.89. The molecule has 136 valence electrons. The molecular weight excluding hydrogens is 337 g/mol. The number of esters is 1. The number of nitrogens with zero attached hydrogens (tertiary/aromatic N) is 1. The lowest BCUT2D eigenvalue weighted by atomic mass is 10.2. The molecule has 2 rings (SSSR count). The van der Waals surface area contributed by atoms with Gasteiger partial charge in [-0.3, -0.25) is 4.79 Å². The molecule has 0 N–H and O–H groups in total. The molecule has 2 aromatic carbocycles. The van der Waals surface area contributed by atoms with Crippen LogP contribution in [-0.4, -0.2) is 37.5 Å². The molecular formula is C20H20FNO4. The summed E-state index contributed by atoms with van der Waals surface area (Å²) in [6.45, 7) is -0.0441. The highest BCUT2D eigenvalue weighted by Gasteiger charge is 2.13. The summed E-state index contributed by atoms with van der Waals surface area (Å²) in [4.78, 5) is 25.2. The highest BCUT2D eigenvalue weighted by atomic mass is 19.1. The number of carbonyl (C=O) groups is 2. The van der Waals surface area contributed by atoms with Crippen LogP contribution >= 0.6 is 0 Å². The van der Waals surface area contributed by atoms with Crippen molar-refractivity contribution >= 4 is 18.0 Å². The number of benzene rings is 2. The average molecular weight is 357 g/mol. The monoisotopic (exact) mass is 357 g/mol. The molecule has 0 spiro atoms. The third kappa shape index (κ3) is 5.73. The van der Waals surface area contributed by atoms with Crippen LogP contribution in [0, 0.1) is 5.82 Å². The lowest BCUT2D eigenvalue weighted by Crippen LogP contribution is -2.30. The van der Waals surface area contributed by atoms with E-state index in [-0.39, 0.29) is 12.5 Å². The van der Waals surface area contributed by atoms with Gasteiger partial charge in [0.25, 0.3) is 5.91 Å². The van der Waals surface area contributed by atoms with E-state index in [4.69, 9.17) is 9.47 Å². The van der Waals surface area contributed by atoms with Crippen molar-refractivity contribution in [1.82, 2.24) is 4.90 Å². The minimum absolute atomic E-state index is 0.333. The third-order valence-corrected chi connectivity index (χ3v) is 3.62. The van der Waals surface area contributed by atoms with Gasteiger partial charge in [-0.15, -0.1) is 0 Å². The normalized spacial score (nSPS) is 10.6. The first-order valence-electron chi connectivity index (χ1n) is 7.96. The second-order valence-corrected chi connectivity index (χ2v) is 5.56. The van der Waals surface area contributed by atoms with E-state index >= 15 is 0 Å². The molecule has 0 radical (unpaired) electrons. The fourth-order valence-electron chi connectivity index (χ4n) is 2.24. The second-order valence-electron chi connectivity index (χ2n) is 5.56. The maximum absolute atomic E-state index is 13.1. The highest BCUT2D eigenvalue weighted by Crippen LogP contribution is 2.18. The molecule has 1 amide bonds. The molecule has 0 heterocycles. The summed E-state index contributed by atoms with van der Waals surface area (Å²) in [5.41, 5.74) is 1.38. The summed E-state index contributed by atoms with van der Waals surface area (Å²) >= 11 is 0. The third-order valence-electron chi connectivity index (χ3n) is 3.62. The molecule has 0 aliphatic carbocycles. The number of hydrogen-bond acceptors (Lipinski definition) is 4. The number of carbonyl (C=O) groups excluding carboxylic acids is 2. The van der Waals surface area contributed by atoms with Gasteiger partial charge in [0, 0.05) is 25.2 Å². The maximum Gasteiger partial charge on any atom is 0.331 e. The second kappa shape index (κ2) is 9.36. The smallest absolute Gasteiger partial charge is 0.331 e. The standard InChI is InChI=1S/C20H20FNO4/c1-22(13-16-7-3-4-9-18(16)25-2)19(23)14-26-20(24)11-10-15-6-5-8-17(21)12-15/h3-12H,13-14H2,1-2H3/b11-10+. The molecule has 5 nitrogen and oxygen atoms in total. The van der Waals surface area contributed by atoms with Gasteiger partial charge < -0.3 is 14.4 Å². The summed E-state index contributed by atoms with van der Waals surface area (Å²) in [5, 5.41) is 0. The molecule has 0 aliphatic rings. The minimum atomic E-state index is -0.673. The number of para-hydroxylation sites is 1. The van der Waals surface area contributed by atoms with Crippen molar-refractivity contribution in [3.63, 3.8) is 0 Å². The number of likely N-dealkylation sites (N-methyl/N-ethyl adjacent to an activating group) is 1. The summed E-state index contributed by atoms with van der Waals surface area (Å²) < 4.78 is 23.2. The van der Waals surface area contributed by atoms with E-state index in [0.717, 1.165) is 11.6 Å². The molecule has 0 unspecified atom stereocenters. The Kier molecular flexibility index (Phi) is 6.91. The topological polar surface area (TPSA) is 55.8 Å². The largest absolute Gasteiger partial charge is 0.496 e. The molecule has 26 heavy (non-hydrogen) atoms. The van der Waals surface area contributed by atoms with E-state index in [1.807, 2.05) is 24.3 Å². The van der Waals surface area contributed by atoms with Gasteiger partial charge in [-0.05, 0) is 29.8 Å². The van der Waals surface area contributed by atoms with Crippen LogP contribution in [0.2, 0.25) is 0 Å². The zero-order chi connectivity index (χ0) is 18.9. The summed E-state index contributed by atoms with van der Waals surface area (Å²) in [6, 6.07) is 13.2. The van der Waals surface area contributed by atoms with Gasteiger partial charge in [-0.1, -0.05) is 30.3 Å². The lowest BCUT2D eigenvalue weighted by molar-refractivity contribution is -0.147. The lowest BCUT2D eigenvalue weighted by Gasteiger charge is -2.18. The van der Waals surface area contributed by atoms with Crippen LogP contribution in [0.15, 0.2) is 54.6 Å². The van der Waals surface area contributed by atoms with Crippen LogP contribution < -0.4 is 4.74 Å². The molecule has 0 bridgehead atoms. The molecule has 0 saturated carbocycles. The Bertz CT molecular complexity index is 804. The van der Waals surface area contributed by atoms with E-state index in [9.17, 15) is 14.0 Å². The van der Waals surface area contributed by atoms with Gasteiger partial charge >= 0.3 is 5.97 Å². The Balaban J connectivity index is 1.84. The van der Waals surface area contributed by atoms with Crippen LogP contribution in [0.5, 0.6) is 5.75 Å². The van der Waals surface area contributed by atoms with Gasteiger partial charge in [-0.25, -0.2) is 9.18 Å². The van der Waals surface area contributed by atoms with Gasteiger partial charge in [0.2, 0.25) is 0 Å². The predicted octanol–water partition coefficient (Wildman–Crippen LogP) is 3.05. The molecule has 0 fully saturated rings. The number of hydrogen-bond donors (Lipinski definition) is 0. The van der Waals surface area contributed by atoms with Crippen LogP contribution in [0.25, 0.3) is 6.08 Å². The number of ether oxygens (including phenoxy) is 2. The average Bonchev–Trinajstić information content (AvgIpc) is 2.64. The van der Waals surface area contributed by atoms with Gasteiger partial charge in [0.1, 0.15) is 11.6 Å². The SMILES string of the molecule is COc1ccccc1CN(C)C(=O)COC(=O)/C=C/c1cccc(F)c1. The summed E-state index contributed by atoms with van der Waals surface area (Å²) in [5.74, 6) is -0.729. The fraction of sp³-hybridized carbons (Fsp3) is 0.200. The Morgan fingerprint density at radius 2 is 1.92 bits per heavy atom. The molecule has 0 saturated heterocycles. The van der Waals surface area contributed by atoms with Gasteiger partial charge in [0.05, 0.1) is 7.11 Å². The molecule has 0 aliphatic heterocycles. The number of amides is 1. The van der Waals surface area contributed by atoms with Crippen molar-refractivity contribution in [1.29, 1.82) is 0 Å². The molecule has 6 heteroatoms. The van der Waals surface area contributed by atoms with Crippen molar-refractivity contribution in [3.05, 3.63) is 71.6 Å². The first-order valence-corrected chi connectivity index (χ1v) is 7.96. The maximum atomic E-state index is 13.1. The molecule has 0 aromatic heterocycles. The van der Waals surface area contributed by atoms with E-state index in [0.29, 0.717) is 17.9 Å². The van der Waals surface area contributed by atoms with E-state index in [2.05, 4.69) is 0 Å². The van der Waals surface area contributed by atoms with Crippen LogP contribution in [0.3, 0.4) is 0 Å². The first-order chi connectivity index (χ1) is 12.5. The molecule has 0 atom stereocenters. The van der Waals surface area contributed by atoms with E-state index in [1.165, 1.54) is 29.2 Å². The number of rotatable bonds is 7. The van der Waals surface area contributed by atoms with Crippen molar-refractivity contribution in [2.45, 2.75) is 6.54 Å². The van der Waals surface area contributed by atoms with Gasteiger partial charge in [-0.2, -0.15) is 0 Å². The van der Waals surface area contributed by atoms with Gasteiger partial charge in [0.15, 0.2) is 6.61 Å². The van der Waals surface area contributed by atoms with E-state index < -0.39 is 11.8 Å². The fourth-order valence-corrected chi connectivity index (χ4v) is 2.24. The number of methoxy groups -OCH3 is 1. The Morgan fingerprint density at radius 3 is 2.65 bits per heavy atom. The van der Waals surface area contributed by atoms with Crippen molar-refractivity contribution < 1.29 is 23.5 Å². The zero-order valence-corrected chi connectivity index (χ0v) is 14.6. The number of halogens is 1. The zero-order valence-electron chi connectivity index (χ0n) is 14.6. The summed E-state index contributed by atoms with van der Waals surface area (Å²) in [7, 11) is 3.18. The molecule has 2 aromatic rings. The first kappa shape index (κ1) is 19.2. The van der Waals surface area contributed by atoms with E-state index in [1.54, 1.807) is 20.2 Å². The van der Waals surface area contributed by atoms with Crippen molar-refractivity contribution in [2.75, 3.05) is 20.8 Å². The Labute approximate surface area is 151 Å². The van der Waals surface area contributed by atoms with Crippen LogP contribution in [-0.2, 0) is 20.9 Å². The Morgan fingerprint density at radius 1 is 1.15 bits per heavy atom. The van der Waals surface area contributed by atoms with Crippen LogP contribution in [0.4, 0.5) is 4.39 Å². The van der Waals surface area contributed by atoms with Crippen molar-refractivity contribution in [3.8, 4) is 5.75 Å². The Hall–Kier alpha value is -3.15. The minimum Gasteiger partial charge on any atom is -0.496 e.